The maximum absolute atomic E-state index is 13.0. The number of benzene rings is 3. The summed E-state index contributed by atoms with van der Waals surface area (Å²) in [7, 11) is 0. The van der Waals surface area contributed by atoms with Gasteiger partial charge in [0, 0.05) is 9.92 Å². The summed E-state index contributed by atoms with van der Waals surface area (Å²) in [5, 5.41) is 5.35. The van der Waals surface area contributed by atoms with Gasteiger partial charge in [0.05, 0.1) is 22.7 Å². The summed E-state index contributed by atoms with van der Waals surface area (Å²) in [4.78, 5) is 14.7. The zero-order valence-electron chi connectivity index (χ0n) is 18.1. The average Bonchev–Trinajstić information content (AvgIpc) is 3.04. The third-order valence-electron chi connectivity index (χ3n) is 4.84. The lowest BCUT2D eigenvalue weighted by molar-refractivity contribution is -0.134. The van der Waals surface area contributed by atoms with Crippen LogP contribution in [-0.2, 0) is 11.2 Å². The van der Waals surface area contributed by atoms with Crippen LogP contribution in [0.25, 0.3) is 5.69 Å². The van der Waals surface area contributed by atoms with Gasteiger partial charge in [0.15, 0.2) is 0 Å². The normalized spacial score (nSPS) is 10.9. The summed E-state index contributed by atoms with van der Waals surface area (Å²) in [6, 6.07) is 23.3. The molecule has 3 aromatic carbocycles. The Bertz CT molecular complexity index is 1230. The number of aromatic nitrogens is 2. The van der Waals surface area contributed by atoms with E-state index in [0.29, 0.717) is 10.9 Å². The zero-order valence-corrected chi connectivity index (χ0v) is 19.7. The number of carbonyl (C=O) groups excluding carboxylic acids is 1. The molecule has 6 heteroatoms. The zero-order chi connectivity index (χ0) is 22.7. The summed E-state index contributed by atoms with van der Waals surface area (Å²) in [6.07, 6.45) is 0.187. The first-order valence-electron chi connectivity index (χ1n) is 10.3. The highest BCUT2D eigenvalue weighted by atomic mass is 35.5. The fourth-order valence-electron chi connectivity index (χ4n) is 3.55. The number of para-hydroxylation sites is 1. The van der Waals surface area contributed by atoms with E-state index in [4.69, 9.17) is 16.3 Å². The molecule has 0 radical (unpaired) electrons. The van der Waals surface area contributed by atoms with Crippen molar-refractivity contribution in [3.63, 3.8) is 0 Å². The van der Waals surface area contributed by atoms with Gasteiger partial charge in [-0.1, -0.05) is 70.9 Å². The third kappa shape index (κ3) is 5.23. The summed E-state index contributed by atoms with van der Waals surface area (Å²) < 4.78 is 7.63. The van der Waals surface area contributed by atoms with Crippen molar-refractivity contribution in [1.82, 2.24) is 9.78 Å². The molecule has 0 fully saturated rings. The van der Waals surface area contributed by atoms with Crippen LogP contribution in [0.5, 0.6) is 5.88 Å². The van der Waals surface area contributed by atoms with E-state index in [1.54, 1.807) is 4.68 Å². The molecule has 0 aliphatic carbocycles. The highest BCUT2D eigenvalue weighted by Gasteiger charge is 2.22. The molecule has 1 aromatic heterocycles. The van der Waals surface area contributed by atoms with Gasteiger partial charge >= 0.3 is 5.97 Å². The van der Waals surface area contributed by atoms with E-state index >= 15 is 0 Å². The van der Waals surface area contributed by atoms with Crippen LogP contribution < -0.4 is 4.74 Å². The first-order chi connectivity index (χ1) is 15.4. The van der Waals surface area contributed by atoms with Crippen LogP contribution in [0.3, 0.4) is 0 Å². The summed E-state index contributed by atoms with van der Waals surface area (Å²) in [5.41, 5.74) is 4.78. The number of nitrogens with zero attached hydrogens (tertiary/aromatic N) is 2. The van der Waals surface area contributed by atoms with Crippen LogP contribution in [0.1, 0.15) is 22.4 Å². The Morgan fingerprint density at radius 1 is 0.969 bits per heavy atom. The Hall–Kier alpha value is -3.02. The SMILES string of the molecule is Cc1cc(C)cc(CC(=O)Oc2c(Sc3ccc(Cl)cc3)c(C)nn2-c2ccccc2)c1. The van der Waals surface area contributed by atoms with E-state index in [0.717, 1.165) is 37.9 Å². The van der Waals surface area contributed by atoms with Crippen molar-refractivity contribution in [2.75, 3.05) is 0 Å². The standard InChI is InChI=1S/C26H23ClN2O2S/c1-17-13-18(2)15-20(14-17)16-24(30)31-26-25(32-23-11-9-21(27)10-12-23)19(3)28-29(26)22-7-5-4-6-8-22/h4-15H,16H2,1-3H3. The van der Waals surface area contributed by atoms with E-state index < -0.39 is 0 Å². The van der Waals surface area contributed by atoms with Crippen molar-refractivity contribution >= 4 is 29.3 Å². The Morgan fingerprint density at radius 3 is 2.28 bits per heavy atom. The van der Waals surface area contributed by atoms with Gasteiger partial charge in [0.25, 0.3) is 0 Å². The molecule has 0 unspecified atom stereocenters. The number of aryl methyl sites for hydroxylation is 3. The van der Waals surface area contributed by atoms with E-state index in [2.05, 4.69) is 11.2 Å². The molecule has 0 saturated heterocycles. The van der Waals surface area contributed by atoms with Crippen LogP contribution in [0.2, 0.25) is 5.02 Å². The predicted octanol–water partition coefficient (Wildman–Crippen LogP) is 6.75. The molecule has 4 nitrogen and oxygen atoms in total. The lowest BCUT2D eigenvalue weighted by Crippen LogP contribution is -2.14. The van der Waals surface area contributed by atoms with Crippen molar-refractivity contribution in [2.45, 2.75) is 37.0 Å². The van der Waals surface area contributed by atoms with Crippen molar-refractivity contribution < 1.29 is 9.53 Å². The van der Waals surface area contributed by atoms with Crippen molar-refractivity contribution in [1.29, 1.82) is 0 Å². The fraction of sp³-hybridized carbons (Fsp3) is 0.154. The molecule has 0 bridgehead atoms. The summed E-state index contributed by atoms with van der Waals surface area (Å²) in [6.45, 7) is 5.96. The molecule has 4 aromatic rings. The van der Waals surface area contributed by atoms with Crippen LogP contribution in [0, 0.1) is 20.8 Å². The highest BCUT2D eigenvalue weighted by Crippen LogP contribution is 2.39. The fourth-order valence-corrected chi connectivity index (χ4v) is 4.58. The van der Waals surface area contributed by atoms with Gasteiger partial charge in [-0.25, -0.2) is 0 Å². The molecular weight excluding hydrogens is 440 g/mol. The lowest BCUT2D eigenvalue weighted by Gasteiger charge is -2.11. The van der Waals surface area contributed by atoms with Crippen molar-refractivity contribution in [3.05, 3.63) is 100 Å². The smallest absolute Gasteiger partial charge is 0.317 e. The molecule has 0 atom stereocenters. The van der Waals surface area contributed by atoms with Gasteiger partial charge in [-0.2, -0.15) is 9.78 Å². The minimum atomic E-state index is -0.329. The van der Waals surface area contributed by atoms with Gasteiger partial charge in [0.1, 0.15) is 0 Å². The summed E-state index contributed by atoms with van der Waals surface area (Å²) in [5.74, 6) is 0.0908. The predicted molar refractivity (Wildman–Crippen MR) is 129 cm³/mol. The average molecular weight is 463 g/mol. The van der Waals surface area contributed by atoms with Gasteiger partial charge in [-0.15, -0.1) is 0 Å². The maximum atomic E-state index is 13.0. The van der Waals surface area contributed by atoms with E-state index in [9.17, 15) is 4.79 Å². The van der Waals surface area contributed by atoms with Crippen LogP contribution in [0.4, 0.5) is 0 Å². The third-order valence-corrected chi connectivity index (χ3v) is 6.27. The minimum Gasteiger partial charge on any atom is -0.406 e. The molecular formula is C26H23ClN2O2S. The van der Waals surface area contributed by atoms with Crippen molar-refractivity contribution in [3.8, 4) is 11.6 Å². The molecule has 32 heavy (non-hydrogen) atoms. The molecule has 0 N–H and O–H groups in total. The van der Waals surface area contributed by atoms with Gasteiger partial charge in [-0.05, 0) is 62.7 Å². The topological polar surface area (TPSA) is 44.1 Å². The number of ether oxygens (including phenoxy) is 1. The number of hydrogen-bond acceptors (Lipinski definition) is 4. The second-order valence-corrected chi connectivity index (χ2v) is 9.19. The number of rotatable bonds is 6. The second-order valence-electron chi connectivity index (χ2n) is 7.67. The second kappa shape index (κ2) is 9.63. The molecule has 0 aliphatic heterocycles. The molecule has 162 valence electrons. The van der Waals surface area contributed by atoms with Gasteiger partial charge < -0.3 is 4.74 Å². The van der Waals surface area contributed by atoms with E-state index in [1.165, 1.54) is 11.8 Å². The lowest BCUT2D eigenvalue weighted by atomic mass is 10.1. The van der Waals surface area contributed by atoms with Crippen LogP contribution in [-0.4, -0.2) is 15.7 Å². The monoisotopic (exact) mass is 462 g/mol. The maximum Gasteiger partial charge on any atom is 0.317 e. The highest BCUT2D eigenvalue weighted by molar-refractivity contribution is 7.99. The van der Waals surface area contributed by atoms with E-state index in [-0.39, 0.29) is 12.4 Å². The first kappa shape index (κ1) is 22.2. The van der Waals surface area contributed by atoms with E-state index in [1.807, 2.05) is 87.5 Å². The molecule has 1 heterocycles. The number of hydrogen-bond donors (Lipinski definition) is 0. The number of halogens is 1. The molecule has 4 rings (SSSR count). The number of esters is 1. The van der Waals surface area contributed by atoms with Crippen molar-refractivity contribution in [2.24, 2.45) is 0 Å². The Balaban J connectivity index is 1.68. The largest absolute Gasteiger partial charge is 0.406 e. The Morgan fingerprint density at radius 2 is 1.62 bits per heavy atom. The first-order valence-corrected chi connectivity index (χ1v) is 11.4. The van der Waals surface area contributed by atoms with Gasteiger partial charge in [0.2, 0.25) is 5.88 Å². The molecule has 0 aliphatic rings. The molecule has 0 amide bonds. The minimum absolute atomic E-state index is 0.187. The summed E-state index contributed by atoms with van der Waals surface area (Å²) >= 11 is 7.53. The number of carbonyl (C=O) groups is 1. The Kier molecular flexibility index (Phi) is 6.68. The van der Waals surface area contributed by atoms with Crippen LogP contribution >= 0.6 is 23.4 Å². The molecule has 0 spiro atoms. The molecule has 0 saturated carbocycles. The Labute approximate surface area is 197 Å². The van der Waals surface area contributed by atoms with Gasteiger partial charge in [-0.3, -0.25) is 4.79 Å². The van der Waals surface area contributed by atoms with Crippen LogP contribution in [0.15, 0.2) is 82.6 Å². The quantitative estimate of drug-likeness (QED) is 0.297.